The first-order valence-electron chi connectivity index (χ1n) is 8.22. The Kier molecular flexibility index (Phi) is 4.14. The van der Waals surface area contributed by atoms with E-state index in [1.54, 1.807) is 31.2 Å². The molecule has 0 aliphatic heterocycles. The molecule has 0 bridgehead atoms. The number of aromatic nitrogens is 3. The molecule has 142 valence electrons. The third-order valence-corrected chi connectivity index (χ3v) is 4.12. The molecule has 0 saturated heterocycles. The van der Waals surface area contributed by atoms with Gasteiger partial charge < -0.3 is 9.73 Å². The van der Waals surface area contributed by atoms with Crippen LogP contribution >= 0.6 is 0 Å². The van der Waals surface area contributed by atoms with Crippen LogP contribution in [0.25, 0.3) is 17.1 Å². The Balaban J connectivity index is 1.79. The van der Waals surface area contributed by atoms with Gasteiger partial charge in [-0.15, -0.1) is 0 Å². The van der Waals surface area contributed by atoms with Crippen LogP contribution in [0, 0.1) is 6.92 Å². The van der Waals surface area contributed by atoms with Crippen molar-refractivity contribution >= 4 is 17.2 Å². The number of alkyl halides is 3. The molecule has 0 aliphatic carbocycles. The molecule has 9 heteroatoms. The van der Waals surface area contributed by atoms with Crippen LogP contribution in [0.3, 0.4) is 0 Å². The van der Waals surface area contributed by atoms with Gasteiger partial charge in [-0.2, -0.15) is 18.3 Å². The van der Waals surface area contributed by atoms with E-state index < -0.39 is 17.8 Å². The molecule has 1 amide bonds. The van der Waals surface area contributed by atoms with E-state index in [0.717, 1.165) is 11.6 Å². The van der Waals surface area contributed by atoms with Crippen molar-refractivity contribution in [1.82, 2.24) is 14.6 Å². The van der Waals surface area contributed by atoms with Gasteiger partial charge in [0.1, 0.15) is 5.69 Å². The van der Waals surface area contributed by atoms with Crippen LogP contribution in [-0.4, -0.2) is 20.5 Å². The van der Waals surface area contributed by atoms with Crippen LogP contribution in [0.2, 0.25) is 0 Å². The number of para-hydroxylation sites is 1. The molecule has 4 aromatic rings. The minimum Gasteiger partial charge on any atom is -0.463 e. The highest BCUT2D eigenvalue weighted by Gasteiger charge is 2.36. The lowest BCUT2D eigenvalue weighted by molar-refractivity contribution is -0.142. The van der Waals surface area contributed by atoms with E-state index in [0.29, 0.717) is 10.2 Å². The third kappa shape index (κ3) is 3.22. The van der Waals surface area contributed by atoms with E-state index in [9.17, 15) is 18.0 Å². The standard InChI is InChI=1S/C19H13F3N4O2/c1-11-5-2-3-6-12(11)24-18(27)14-10-17-23-13(15-7-4-8-28-15)9-16(19(20,21)22)26(17)25-14/h2-10H,1H3,(H,24,27). The maximum atomic E-state index is 13.5. The van der Waals surface area contributed by atoms with Crippen molar-refractivity contribution in [2.75, 3.05) is 5.32 Å². The van der Waals surface area contributed by atoms with E-state index in [1.807, 2.05) is 6.07 Å². The predicted molar refractivity (Wildman–Crippen MR) is 94.8 cm³/mol. The molecule has 3 aromatic heterocycles. The maximum Gasteiger partial charge on any atom is 0.433 e. The minimum absolute atomic E-state index is 0.00409. The average Bonchev–Trinajstić information content (AvgIpc) is 3.31. The molecule has 1 aromatic carbocycles. The largest absolute Gasteiger partial charge is 0.463 e. The van der Waals surface area contributed by atoms with Crippen molar-refractivity contribution in [2.24, 2.45) is 0 Å². The number of nitrogens with one attached hydrogen (secondary N) is 1. The second kappa shape index (κ2) is 6.52. The second-order valence-corrected chi connectivity index (χ2v) is 6.07. The predicted octanol–water partition coefficient (Wildman–Crippen LogP) is 4.57. The van der Waals surface area contributed by atoms with Crippen molar-refractivity contribution < 1.29 is 22.4 Å². The van der Waals surface area contributed by atoms with Crippen LogP contribution in [0.1, 0.15) is 21.7 Å². The smallest absolute Gasteiger partial charge is 0.433 e. The van der Waals surface area contributed by atoms with Gasteiger partial charge in [-0.25, -0.2) is 9.50 Å². The number of carbonyl (C=O) groups excluding carboxylic acids is 1. The summed E-state index contributed by atoms with van der Waals surface area (Å²) in [6.07, 6.45) is -3.36. The number of benzene rings is 1. The number of carbonyl (C=O) groups is 1. The Morgan fingerprint density at radius 3 is 2.61 bits per heavy atom. The van der Waals surface area contributed by atoms with Crippen molar-refractivity contribution in [3.8, 4) is 11.5 Å². The van der Waals surface area contributed by atoms with Gasteiger partial charge >= 0.3 is 6.18 Å². The summed E-state index contributed by atoms with van der Waals surface area (Å²) in [6.45, 7) is 1.80. The summed E-state index contributed by atoms with van der Waals surface area (Å²) >= 11 is 0. The molecule has 1 N–H and O–H groups in total. The summed E-state index contributed by atoms with van der Waals surface area (Å²) in [5.74, 6) is -0.451. The lowest BCUT2D eigenvalue weighted by Crippen LogP contribution is -2.16. The van der Waals surface area contributed by atoms with Gasteiger partial charge in [-0.05, 0) is 36.8 Å². The Bertz CT molecular complexity index is 1160. The first-order chi connectivity index (χ1) is 13.3. The molecule has 0 aliphatic rings. The first kappa shape index (κ1) is 17.8. The number of anilines is 1. The van der Waals surface area contributed by atoms with E-state index in [2.05, 4.69) is 15.4 Å². The van der Waals surface area contributed by atoms with E-state index in [-0.39, 0.29) is 22.8 Å². The zero-order chi connectivity index (χ0) is 19.9. The van der Waals surface area contributed by atoms with E-state index in [4.69, 9.17) is 4.42 Å². The van der Waals surface area contributed by atoms with Gasteiger partial charge in [0.2, 0.25) is 0 Å². The Morgan fingerprint density at radius 1 is 1.14 bits per heavy atom. The number of halogens is 3. The van der Waals surface area contributed by atoms with Crippen LogP contribution in [0.5, 0.6) is 0 Å². The number of rotatable bonds is 3. The SMILES string of the molecule is Cc1ccccc1NC(=O)c1cc2nc(-c3ccco3)cc(C(F)(F)F)n2n1. The Labute approximate surface area is 156 Å². The maximum absolute atomic E-state index is 13.5. The fourth-order valence-electron chi connectivity index (χ4n) is 2.74. The number of fused-ring (bicyclic) bond motifs is 1. The zero-order valence-electron chi connectivity index (χ0n) is 14.5. The molecule has 6 nitrogen and oxygen atoms in total. The number of hydrogen-bond donors (Lipinski definition) is 1. The van der Waals surface area contributed by atoms with Gasteiger partial charge in [0.05, 0.1) is 6.26 Å². The molecule has 0 fully saturated rings. The Morgan fingerprint density at radius 2 is 1.93 bits per heavy atom. The van der Waals surface area contributed by atoms with E-state index in [1.165, 1.54) is 18.4 Å². The van der Waals surface area contributed by atoms with Crippen molar-refractivity contribution in [3.05, 3.63) is 71.7 Å². The molecular weight excluding hydrogens is 373 g/mol. The minimum atomic E-state index is -4.70. The number of amides is 1. The lowest BCUT2D eigenvalue weighted by atomic mass is 10.2. The number of nitrogens with zero attached hydrogens (tertiary/aromatic N) is 3. The van der Waals surface area contributed by atoms with Gasteiger partial charge in [0.15, 0.2) is 22.8 Å². The van der Waals surface area contributed by atoms with Gasteiger partial charge in [-0.1, -0.05) is 18.2 Å². The molecular formula is C19H13F3N4O2. The summed E-state index contributed by atoms with van der Waals surface area (Å²) in [6, 6.07) is 12.1. The molecule has 3 heterocycles. The van der Waals surface area contributed by atoms with Crippen LogP contribution < -0.4 is 5.32 Å². The topological polar surface area (TPSA) is 72.4 Å². The molecule has 0 unspecified atom stereocenters. The number of furan rings is 1. The van der Waals surface area contributed by atoms with Crippen molar-refractivity contribution in [2.45, 2.75) is 13.1 Å². The van der Waals surface area contributed by atoms with Crippen LogP contribution in [-0.2, 0) is 6.18 Å². The fourth-order valence-corrected chi connectivity index (χ4v) is 2.74. The summed E-state index contributed by atoms with van der Waals surface area (Å²) < 4.78 is 46.3. The van der Waals surface area contributed by atoms with Gasteiger partial charge in [-0.3, -0.25) is 4.79 Å². The monoisotopic (exact) mass is 386 g/mol. The van der Waals surface area contributed by atoms with Gasteiger partial charge in [0.25, 0.3) is 5.91 Å². The second-order valence-electron chi connectivity index (χ2n) is 6.07. The lowest BCUT2D eigenvalue weighted by Gasteiger charge is -2.10. The molecule has 0 radical (unpaired) electrons. The molecule has 0 spiro atoms. The first-order valence-corrected chi connectivity index (χ1v) is 8.22. The molecule has 28 heavy (non-hydrogen) atoms. The highest BCUT2D eigenvalue weighted by Crippen LogP contribution is 2.32. The third-order valence-electron chi connectivity index (χ3n) is 4.12. The Hall–Kier alpha value is -3.62. The zero-order valence-corrected chi connectivity index (χ0v) is 14.5. The average molecular weight is 386 g/mol. The summed E-state index contributed by atoms with van der Waals surface area (Å²) in [5, 5.41) is 6.46. The quantitative estimate of drug-likeness (QED) is 0.560. The van der Waals surface area contributed by atoms with Crippen LogP contribution in [0.15, 0.2) is 59.2 Å². The van der Waals surface area contributed by atoms with Crippen LogP contribution in [0.4, 0.5) is 18.9 Å². The fraction of sp³-hybridized carbons (Fsp3) is 0.105. The van der Waals surface area contributed by atoms with Crippen molar-refractivity contribution in [3.63, 3.8) is 0 Å². The molecule has 0 atom stereocenters. The summed E-state index contributed by atoms with van der Waals surface area (Å²) in [4.78, 5) is 16.6. The number of hydrogen-bond acceptors (Lipinski definition) is 4. The summed E-state index contributed by atoms with van der Waals surface area (Å²) in [5.41, 5.74) is 0.00194. The number of aryl methyl sites for hydroxylation is 1. The normalized spacial score (nSPS) is 11.7. The van der Waals surface area contributed by atoms with Gasteiger partial charge in [0, 0.05) is 11.8 Å². The van der Waals surface area contributed by atoms with Crippen molar-refractivity contribution in [1.29, 1.82) is 0 Å². The molecule has 0 saturated carbocycles. The molecule has 4 rings (SSSR count). The highest BCUT2D eigenvalue weighted by atomic mass is 19.4. The van der Waals surface area contributed by atoms with E-state index >= 15 is 0 Å². The summed E-state index contributed by atoms with van der Waals surface area (Å²) in [7, 11) is 0. The highest BCUT2D eigenvalue weighted by molar-refractivity contribution is 6.03.